The third kappa shape index (κ3) is 3.30. The van der Waals surface area contributed by atoms with E-state index in [2.05, 4.69) is 19.1 Å². The molecule has 0 radical (unpaired) electrons. The van der Waals surface area contributed by atoms with Crippen molar-refractivity contribution in [1.82, 2.24) is 18.7 Å². The maximum absolute atomic E-state index is 13.0. The predicted octanol–water partition coefficient (Wildman–Crippen LogP) is 0.297. The van der Waals surface area contributed by atoms with Crippen molar-refractivity contribution >= 4 is 11.2 Å². The number of aryl methyl sites for hydroxylation is 1. The van der Waals surface area contributed by atoms with Gasteiger partial charge in [0.1, 0.15) is 6.54 Å². The highest BCUT2D eigenvalue weighted by atomic mass is 16.2. The highest BCUT2D eigenvalue weighted by molar-refractivity contribution is 5.71. The minimum atomic E-state index is -0.340. The highest BCUT2D eigenvalue weighted by Crippen LogP contribution is 2.14. The summed E-state index contributed by atoms with van der Waals surface area (Å²) in [7, 11) is 3.21. The van der Waals surface area contributed by atoms with E-state index in [1.54, 1.807) is 7.05 Å². The Kier molecular flexibility index (Phi) is 4.93. The zero-order chi connectivity index (χ0) is 19.8. The molecule has 0 aliphatic carbocycles. The summed E-state index contributed by atoms with van der Waals surface area (Å²) >= 11 is 0. The standard InChI is InChI=1S/C21H27N5O2/c1-15-8-7-11-25(12-15)14-17-22-19-18(20(27)24(3)21(28)23(19)2)26(17)13-16-9-5-4-6-10-16/h4-6,9-10,15H,7-8,11-14H2,1-3H3/p+1/t15-/m0/s1. The summed E-state index contributed by atoms with van der Waals surface area (Å²) in [5, 5.41) is 0. The van der Waals surface area contributed by atoms with Crippen LogP contribution < -0.4 is 16.1 Å². The average molecular weight is 382 g/mol. The molecule has 0 bridgehead atoms. The lowest BCUT2D eigenvalue weighted by atomic mass is 10.0. The van der Waals surface area contributed by atoms with Crippen molar-refractivity contribution in [3.05, 3.63) is 62.6 Å². The summed E-state index contributed by atoms with van der Waals surface area (Å²) < 4.78 is 4.67. The molecule has 0 saturated carbocycles. The fourth-order valence-corrected chi connectivity index (χ4v) is 4.34. The smallest absolute Gasteiger partial charge is 0.328 e. The average Bonchev–Trinajstić information content (AvgIpc) is 3.03. The van der Waals surface area contributed by atoms with Crippen LogP contribution in [0.15, 0.2) is 39.9 Å². The van der Waals surface area contributed by atoms with Gasteiger partial charge in [0.15, 0.2) is 17.0 Å². The lowest BCUT2D eigenvalue weighted by molar-refractivity contribution is -0.922. The van der Waals surface area contributed by atoms with Gasteiger partial charge in [0, 0.05) is 26.6 Å². The second-order valence-corrected chi connectivity index (χ2v) is 8.11. The molecule has 7 nitrogen and oxygen atoms in total. The fraction of sp³-hybridized carbons (Fsp3) is 0.476. The normalized spacial score (nSPS) is 20.0. The number of nitrogens with one attached hydrogen (secondary N) is 1. The number of piperidine rings is 1. The number of fused-ring (bicyclic) bond motifs is 1. The maximum atomic E-state index is 13.0. The van der Waals surface area contributed by atoms with Crippen molar-refractivity contribution in [2.75, 3.05) is 13.1 Å². The van der Waals surface area contributed by atoms with Crippen LogP contribution in [0.25, 0.3) is 11.2 Å². The van der Waals surface area contributed by atoms with Crippen molar-refractivity contribution in [2.45, 2.75) is 32.9 Å². The van der Waals surface area contributed by atoms with Gasteiger partial charge in [0.2, 0.25) is 0 Å². The Morgan fingerprint density at radius 1 is 1.14 bits per heavy atom. The monoisotopic (exact) mass is 382 g/mol. The second kappa shape index (κ2) is 7.39. The first kappa shape index (κ1) is 18.7. The number of rotatable bonds is 4. The third-order valence-electron chi connectivity index (χ3n) is 5.88. The molecule has 1 aliphatic heterocycles. The lowest BCUT2D eigenvalue weighted by Gasteiger charge is -2.27. The van der Waals surface area contributed by atoms with Crippen LogP contribution in [0, 0.1) is 5.92 Å². The van der Waals surface area contributed by atoms with E-state index >= 15 is 0 Å². The van der Waals surface area contributed by atoms with Gasteiger partial charge in [-0.05, 0) is 18.4 Å². The second-order valence-electron chi connectivity index (χ2n) is 8.11. The van der Waals surface area contributed by atoms with Crippen molar-refractivity contribution in [1.29, 1.82) is 0 Å². The molecule has 2 aromatic heterocycles. The Morgan fingerprint density at radius 2 is 1.89 bits per heavy atom. The van der Waals surface area contributed by atoms with Crippen molar-refractivity contribution < 1.29 is 4.90 Å². The topological polar surface area (TPSA) is 66.3 Å². The molecule has 7 heteroatoms. The number of hydrogen-bond acceptors (Lipinski definition) is 3. The Balaban J connectivity index is 1.86. The minimum absolute atomic E-state index is 0.283. The van der Waals surface area contributed by atoms with Gasteiger partial charge in [-0.3, -0.25) is 13.9 Å². The molecule has 1 saturated heterocycles. The van der Waals surface area contributed by atoms with Crippen LogP contribution in [0.2, 0.25) is 0 Å². The van der Waals surface area contributed by atoms with Crippen molar-refractivity contribution in [2.24, 2.45) is 20.0 Å². The minimum Gasteiger partial charge on any atom is -0.328 e. The fourth-order valence-electron chi connectivity index (χ4n) is 4.34. The Labute approximate surface area is 163 Å². The Morgan fingerprint density at radius 3 is 2.61 bits per heavy atom. The SMILES string of the molecule is C[C@H]1CCC[NH+](Cc2nc3c(c(=O)n(C)c(=O)n3C)n2Cc2ccccc2)C1. The number of likely N-dealkylation sites (tertiary alicyclic amines) is 1. The molecule has 3 aromatic rings. The molecule has 4 rings (SSSR count). The number of nitrogens with zero attached hydrogens (tertiary/aromatic N) is 4. The summed E-state index contributed by atoms with van der Waals surface area (Å²) in [4.78, 5) is 31.6. The Hall–Kier alpha value is -2.67. The van der Waals surface area contributed by atoms with Gasteiger partial charge in [-0.1, -0.05) is 37.3 Å². The molecule has 2 atom stereocenters. The van der Waals surface area contributed by atoms with Crippen molar-refractivity contribution in [3.8, 4) is 0 Å². The molecule has 1 unspecified atom stereocenters. The molecule has 0 spiro atoms. The summed E-state index contributed by atoms with van der Waals surface area (Å²) in [6, 6.07) is 10.1. The van der Waals surface area contributed by atoms with Gasteiger partial charge in [-0.2, -0.15) is 0 Å². The molecule has 3 heterocycles. The molecule has 148 valence electrons. The van der Waals surface area contributed by atoms with Gasteiger partial charge >= 0.3 is 5.69 Å². The van der Waals surface area contributed by atoms with E-state index < -0.39 is 0 Å². The van der Waals surface area contributed by atoms with E-state index in [-0.39, 0.29) is 11.2 Å². The molecule has 1 aliphatic rings. The number of aromatic nitrogens is 4. The van der Waals surface area contributed by atoms with Crippen molar-refractivity contribution in [3.63, 3.8) is 0 Å². The molecule has 1 aromatic carbocycles. The van der Waals surface area contributed by atoms with E-state index in [1.807, 2.05) is 22.8 Å². The summed E-state index contributed by atoms with van der Waals surface area (Å²) in [5.74, 6) is 1.58. The van der Waals surface area contributed by atoms with E-state index in [1.165, 1.54) is 33.9 Å². The quantitative estimate of drug-likeness (QED) is 0.706. The van der Waals surface area contributed by atoms with Crippen LogP contribution in [0.3, 0.4) is 0 Å². The highest BCUT2D eigenvalue weighted by Gasteiger charge is 2.25. The summed E-state index contributed by atoms with van der Waals surface area (Å²) in [5.41, 5.74) is 1.47. The van der Waals surface area contributed by atoms with Gasteiger partial charge in [0.25, 0.3) is 5.56 Å². The largest absolute Gasteiger partial charge is 0.332 e. The van der Waals surface area contributed by atoms with Crippen LogP contribution in [0.5, 0.6) is 0 Å². The molecular formula is C21H28N5O2+. The predicted molar refractivity (Wildman–Crippen MR) is 109 cm³/mol. The van der Waals surface area contributed by atoms with Gasteiger partial charge < -0.3 is 9.47 Å². The number of benzene rings is 1. The van der Waals surface area contributed by atoms with Crippen LogP contribution in [-0.4, -0.2) is 31.8 Å². The van der Waals surface area contributed by atoms with E-state index in [0.29, 0.717) is 23.6 Å². The van der Waals surface area contributed by atoms with Crippen LogP contribution >= 0.6 is 0 Å². The third-order valence-corrected chi connectivity index (χ3v) is 5.88. The summed E-state index contributed by atoms with van der Waals surface area (Å²) in [6.45, 7) is 5.87. The zero-order valence-electron chi connectivity index (χ0n) is 16.8. The molecule has 1 N–H and O–H groups in total. The first-order chi connectivity index (χ1) is 13.5. The molecular weight excluding hydrogens is 354 g/mol. The summed E-state index contributed by atoms with van der Waals surface area (Å²) in [6.07, 6.45) is 2.49. The molecule has 0 amide bonds. The Bertz CT molecular complexity index is 1110. The first-order valence-electron chi connectivity index (χ1n) is 9.98. The number of quaternary nitrogens is 1. The lowest BCUT2D eigenvalue weighted by Crippen LogP contribution is -3.12. The van der Waals surface area contributed by atoms with Crippen LogP contribution in [-0.2, 0) is 27.2 Å². The van der Waals surface area contributed by atoms with Gasteiger partial charge in [-0.25, -0.2) is 9.78 Å². The van der Waals surface area contributed by atoms with E-state index in [9.17, 15) is 9.59 Å². The molecule has 1 fully saturated rings. The van der Waals surface area contributed by atoms with E-state index in [4.69, 9.17) is 4.98 Å². The molecule has 28 heavy (non-hydrogen) atoms. The zero-order valence-corrected chi connectivity index (χ0v) is 16.8. The number of hydrogen-bond donors (Lipinski definition) is 1. The maximum Gasteiger partial charge on any atom is 0.332 e. The van der Waals surface area contributed by atoms with Crippen LogP contribution in [0.4, 0.5) is 0 Å². The number of imidazole rings is 1. The van der Waals surface area contributed by atoms with E-state index in [0.717, 1.165) is 31.0 Å². The van der Waals surface area contributed by atoms with Gasteiger partial charge in [0.05, 0.1) is 13.1 Å². The van der Waals surface area contributed by atoms with Gasteiger partial charge in [-0.15, -0.1) is 0 Å². The van der Waals surface area contributed by atoms with Crippen LogP contribution in [0.1, 0.15) is 31.2 Å². The first-order valence-corrected chi connectivity index (χ1v) is 9.98.